The molecule has 5 heteroatoms. The number of aliphatic imine (C=N–C) groups is 1. The summed E-state index contributed by atoms with van der Waals surface area (Å²) in [6.07, 6.45) is 2.43. The molecule has 0 amide bonds. The molecule has 4 nitrogen and oxygen atoms in total. The van der Waals surface area contributed by atoms with Crippen molar-refractivity contribution in [3.05, 3.63) is 17.0 Å². The van der Waals surface area contributed by atoms with Crippen molar-refractivity contribution >= 4 is 16.9 Å². The fraction of sp³-hybridized carbons (Fsp3) is 0.733. The van der Waals surface area contributed by atoms with Gasteiger partial charge in [-0.15, -0.1) is 0 Å². The summed E-state index contributed by atoms with van der Waals surface area (Å²) in [6.45, 7) is 10.5. The minimum atomic E-state index is 0.413. The number of aryl methyl sites for hydroxylation is 2. The normalized spacial score (nSPS) is 17.9. The summed E-state index contributed by atoms with van der Waals surface area (Å²) in [4.78, 5) is 4.75. The van der Waals surface area contributed by atoms with Crippen LogP contribution in [0.3, 0.4) is 0 Å². The van der Waals surface area contributed by atoms with Gasteiger partial charge >= 0.3 is 0 Å². The second-order valence-corrected chi connectivity index (χ2v) is 6.71. The first-order valence-electron chi connectivity index (χ1n) is 7.41. The van der Waals surface area contributed by atoms with Crippen LogP contribution in [-0.4, -0.2) is 27.2 Å². The molecule has 2 rings (SSSR count). The van der Waals surface area contributed by atoms with Crippen molar-refractivity contribution in [3.8, 4) is 0 Å². The van der Waals surface area contributed by atoms with E-state index in [1.165, 1.54) is 29.9 Å². The highest BCUT2D eigenvalue weighted by Gasteiger charge is 2.30. The Morgan fingerprint density at radius 2 is 2.00 bits per heavy atom. The number of hydrogen-bond donors (Lipinski definition) is 1. The van der Waals surface area contributed by atoms with Crippen LogP contribution in [0, 0.1) is 19.3 Å². The number of nitrogens with zero attached hydrogens (tertiary/aromatic N) is 3. The highest BCUT2D eigenvalue weighted by Crippen LogP contribution is 2.34. The monoisotopic (exact) mass is 294 g/mol. The van der Waals surface area contributed by atoms with Crippen LogP contribution in [0.2, 0.25) is 0 Å². The molecular weight excluding hydrogens is 268 g/mol. The fourth-order valence-electron chi connectivity index (χ4n) is 2.57. The molecular formula is C15H26N4S. The molecule has 1 N–H and O–H groups in total. The fourth-order valence-corrected chi connectivity index (χ4v) is 3.85. The molecule has 0 aromatic carbocycles. The Kier molecular flexibility index (Phi) is 4.78. The van der Waals surface area contributed by atoms with Gasteiger partial charge in [0.2, 0.25) is 0 Å². The van der Waals surface area contributed by atoms with Crippen molar-refractivity contribution in [2.45, 2.75) is 47.1 Å². The van der Waals surface area contributed by atoms with Gasteiger partial charge in [-0.1, -0.05) is 25.6 Å². The van der Waals surface area contributed by atoms with Gasteiger partial charge in [0.1, 0.15) is 0 Å². The van der Waals surface area contributed by atoms with E-state index >= 15 is 0 Å². The summed E-state index contributed by atoms with van der Waals surface area (Å²) in [6, 6.07) is 0. The van der Waals surface area contributed by atoms with E-state index in [1.807, 2.05) is 23.5 Å². The maximum absolute atomic E-state index is 4.75. The van der Waals surface area contributed by atoms with Crippen LogP contribution in [0.5, 0.6) is 0 Å². The van der Waals surface area contributed by atoms with Gasteiger partial charge in [0, 0.05) is 37.1 Å². The van der Waals surface area contributed by atoms with E-state index in [9.17, 15) is 0 Å². The first-order valence-corrected chi connectivity index (χ1v) is 8.40. The van der Waals surface area contributed by atoms with Gasteiger partial charge in [-0.25, -0.2) is 0 Å². The highest BCUT2D eigenvalue weighted by molar-refractivity contribution is 8.13. The number of hydrogen-bond acceptors (Lipinski definition) is 4. The van der Waals surface area contributed by atoms with Crippen LogP contribution < -0.4 is 5.32 Å². The minimum absolute atomic E-state index is 0.413. The third-order valence-corrected chi connectivity index (χ3v) is 5.95. The van der Waals surface area contributed by atoms with E-state index in [-0.39, 0.29) is 0 Å². The van der Waals surface area contributed by atoms with Gasteiger partial charge in [0.05, 0.1) is 5.69 Å². The lowest BCUT2D eigenvalue weighted by Gasteiger charge is -2.33. The van der Waals surface area contributed by atoms with Crippen molar-refractivity contribution < 1.29 is 0 Å². The molecule has 1 aromatic heterocycles. The molecule has 1 aliphatic rings. The molecule has 0 saturated carbocycles. The van der Waals surface area contributed by atoms with Crippen LogP contribution >= 0.6 is 11.8 Å². The highest BCUT2D eigenvalue weighted by atomic mass is 32.2. The predicted octanol–water partition coefficient (Wildman–Crippen LogP) is 3.04. The lowest BCUT2D eigenvalue weighted by atomic mass is 9.84. The van der Waals surface area contributed by atoms with E-state index in [0.29, 0.717) is 5.41 Å². The molecule has 0 unspecified atom stereocenters. The third-order valence-electron chi connectivity index (χ3n) is 4.65. The van der Waals surface area contributed by atoms with Crippen molar-refractivity contribution in [1.82, 2.24) is 15.1 Å². The van der Waals surface area contributed by atoms with Gasteiger partial charge in [0.15, 0.2) is 5.17 Å². The summed E-state index contributed by atoms with van der Waals surface area (Å²) in [5.74, 6) is 1.18. The number of nitrogens with one attached hydrogen (secondary N) is 1. The maximum Gasteiger partial charge on any atom is 0.156 e. The first kappa shape index (κ1) is 15.4. The lowest BCUT2D eigenvalue weighted by Crippen LogP contribution is -2.34. The Bertz CT molecular complexity index is 500. The van der Waals surface area contributed by atoms with Crippen molar-refractivity contribution in [2.75, 3.05) is 12.3 Å². The summed E-state index contributed by atoms with van der Waals surface area (Å²) in [5, 5.41) is 9.02. The van der Waals surface area contributed by atoms with Crippen molar-refractivity contribution in [2.24, 2.45) is 17.5 Å². The standard InChI is InChI=1S/C15H26N4S/c1-6-15(7-2)9-17-14(20-10-15)16-8-13-11(3)18-19(5)12(13)4/h6-10H2,1-5H3,(H,16,17). The Morgan fingerprint density at radius 1 is 1.30 bits per heavy atom. The zero-order valence-electron chi connectivity index (χ0n) is 13.3. The number of aromatic nitrogens is 2. The van der Waals surface area contributed by atoms with Crippen LogP contribution in [0.1, 0.15) is 43.6 Å². The second-order valence-electron chi connectivity index (χ2n) is 5.74. The smallest absolute Gasteiger partial charge is 0.156 e. The summed E-state index contributed by atoms with van der Waals surface area (Å²) in [7, 11) is 2.00. The SMILES string of the molecule is CCC1(CC)CN=C(NCc2c(C)nn(C)c2C)SC1. The second kappa shape index (κ2) is 6.20. The van der Waals surface area contributed by atoms with E-state index in [4.69, 9.17) is 4.99 Å². The zero-order chi connectivity index (χ0) is 14.8. The van der Waals surface area contributed by atoms with Gasteiger partial charge in [-0.05, 0) is 32.1 Å². The summed E-state index contributed by atoms with van der Waals surface area (Å²) >= 11 is 1.87. The molecule has 20 heavy (non-hydrogen) atoms. The average molecular weight is 294 g/mol. The van der Waals surface area contributed by atoms with Crippen molar-refractivity contribution in [3.63, 3.8) is 0 Å². The Morgan fingerprint density at radius 3 is 2.45 bits per heavy atom. The predicted molar refractivity (Wildman–Crippen MR) is 87.3 cm³/mol. The van der Waals surface area contributed by atoms with E-state index in [1.54, 1.807) is 0 Å². The van der Waals surface area contributed by atoms with Gasteiger partial charge in [0.25, 0.3) is 0 Å². The summed E-state index contributed by atoms with van der Waals surface area (Å²) in [5.41, 5.74) is 4.04. The number of amidine groups is 1. The number of thioether (sulfide) groups is 1. The van der Waals surface area contributed by atoms with Gasteiger partial charge < -0.3 is 5.32 Å². The molecule has 0 radical (unpaired) electrons. The molecule has 112 valence electrons. The summed E-state index contributed by atoms with van der Waals surface area (Å²) < 4.78 is 1.95. The first-order chi connectivity index (χ1) is 9.51. The largest absolute Gasteiger partial charge is 0.361 e. The molecule has 0 saturated heterocycles. The molecule has 2 heterocycles. The number of rotatable bonds is 4. The van der Waals surface area contributed by atoms with E-state index in [2.05, 4.69) is 38.1 Å². The Hall–Kier alpha value is -0.970. The Balaban J connectivity index is 1.97. The molecule has 0 spiro atoms. The van der Waals surface area contributed by atoms with Crippen LogP contribution in [-0.2, 0) is 13.6 Å². The third kappa shape index (κ3) is 3.03. The van der Waals surface area contributed by atoms with Crippen LogP contribution in [0.25, 0.3) is 0 Å². The molecule has 0 atom stereocenters. The zero-order valence-corrected chi connectivity index (χ0v) is 14.1. The molecule has 1 aromatic rings. The molecule has 1 aliphatic heterocycles. The Labute approximate surface area is 126 Å². The van der Waals surface area contributed by atoms with Gasteiger partial charge in [-0.2, -0.15) is 5.10 Å². The maximum atomic E-state index is 4.75. The topological polar surface area (TPSA) is 42.2 Å². The molecule has 0 bridgehead atoms. The molecule has 0 fully saturated rings. The lowest BCUT2D eigenvalue weighted by molar-refractivity contribution is 0.318. The van der Waals surface area contributed by atoms with Crippen LogP contribution in [0.4, 0.5) is 0 Å². The minimum Gasteiger partial charge on any atom is -0.361 e. The van der Waals surface area contributed by atoms with Crippen molar-refractivity contribution in [1.29, 1.82) is 0 Å². The van der Waals surface area contributed by atoms with Gasteiger partial charge in [-0.3, -0.25) is 9.67 Å². The van der Waals surface area contributed by atoms with E-state index in [0.717, 1.165) is 24.0 Å². The average Bonchev–Trinajstić information content (AvgIpc) is 2.71. The van der Waals surface area contributed by atoms with E-state index < -0.39 is 0 Å². The molecule has 0 aliphatic carbocycles. The quantitative estimate of drug-likeness (QED) is 0.928. The van der Waals surface area contributed by atoms with Crippen LogP contribution in [0.15, 0.2) is 4.99 Å².